The van der Waals surface area contributed by atoms with E-state index in [9.17, 15) is 33.9 Å². The summed E-state index contributed by atoms with van der Waals surface area (Å²) in [6.45, 7) is 0.778. The minimum atomic E-state index is -1.62. The van der Waals surface area contributed by atoms with E-state index in [1.807, 2.05) is 30.3 Å². The van der Waals surface area contributed by atoms with Crippen LogP contribution in [0.2, 0.25) is 5.02 Å². The third-order valence-corrected chi connectivity index (χ3v) is 8.91. The van der Waals surface area contributed by atoms with Crippen molar-refractivity contribution in [1.29, 1.82) is 0 Å². The summed E-state index contributed by atoms with van der Waals surface area (Å²) in [7, 11) is 0. The average molecular weight is 736 g/mol. The second kappa shape index (κ2) is 15.9. The van der Waals surface area contributed by atoms with Gasteiger partial charge in [0.1, 0.15) is 24.1 Å². The molecule has 1 aliphatic heterocycles. The predicted molar refractivity (Wildman–Crippen MR) is 196 cm³/mol. The number of aromatic nitrogens is 1. The molecule has 4 amide bonds. The van der Waals surface area contributed by atoms with Crippen LogP contribution in [0.15, 0.2) is 101 Å². The molecule has 0 fully saturated rings. The van der Waals surface area contributed by atoms with E-state index in [0.717, 1.165) is 10.5 Å². The molecule has 0 spiro atoms. The second-order valence-electron chi connectivity index (χ2n) is 12.5. The van der Waals surface area contributed by atoms with Crippen LogP contribution in [0, 0.1) is 6.92 Å². The Balaban J connectivity index is 1.29. The molecule has 3 N–H and O–H groups in total. The molecule has 6 rings (SSSR count). The zero-order valence-corrected chi connectivity index (χ0v) is 29.2. The fourth-order valence-corrected chi connectivity index (χ4v) is 6.40. The van der Waals surface area contributed by atoms with Gasteiger partial charge in [0, 0.05) is 17.0 Å². The predicted octanol–water partition coefficient (Wildman–Crippen LogP) is 4.74. The minimum absolute atomic E-state index is 0.0902. The molecule has 53 heavy (non-hydrogen) atoms. The minimum Gasteiger partial charge on any atom is -0.481 e. The van der Waals surface area contributed by atoms with E-state index in [0.29, 0.717) is 22.7 Å². The van der Waals surface area contributed by atoms with Gasteiger partial charge < -0.3 is 25.1 Å². The van der Waals surface area contributed by atoms with Crippen LogP contribution in [0.25, 0.3) is 11.1 Å². The van der Waals surface area contributed by atoms with Gasteiger partial charge in [0.05, 0.1) is 24.3 Å². The number of aryl methyl sites for hydroxylation is 2. The van der Waals surface area contributed by atoms with E-state index >= 15 is 0 Å². The summed E-state index contributed by atoms with van der Waals surface area (Å²) >= 11 is 6.12. The fourth-order valence-electron chi connectivity index (χ4n) is 6.13. The topological polar surface area (TPSA) is 179 Å². The number of fused-ring (bicyclic) bond motifs is 2. The number of para-hydroxylation sites is 2. The number of anilines is 2. The van der Waals surface area contributed by atoms with Gasteiger partial charge in [-0.3, -0.25) is 33.7 Å². The lowest BCUT2D eigenvalue weighted by atomic mass is 10.1. The molecule has 0 unspecified atom stereocenters. The maximum atomic E-state index is 14.3. The first-order chi connectivity index (χ1) is 25.5. The van der Waals surface area contributed by atoms with Gasteiger partial charge in [0.2, 0.25) is 17.6 Å². The molecule has 0 aliphatic carbocycles. The van der Waals surface area contributed by atoms with Crippen molar-refractivity contribution in [3.8, 4) is 0 Å². The molecule has 2 heterocycles. The number of benzene rings is 4. The number of carboxylic acids is 1. The first-order valence-corrected chi connectivity index (χ1v) is 17.1. The highest BCUT2D eigenvalue weighted by molar-refractivity contribution is 6.31. The molecule has 1 aliphatic rings. The standard InChI is InChI=1S/C39H34ClN5O8/c1-23-18-26(40)19-28-36(23)53-38(43-28)35(50)27(20-34(48)49)41-32(46)22-45-31-15-9-8-14-30(31)44(33(47)17-16-24-10-4-2-5-11-24)21-29(39(45)52)42-37(51)25-12-6-3-7-13-25/h2-15,18-19,27,29H,16-17,20-22H2,1H3,(H,41,46)(H,42,51)(H,48,49)/t27-,29-/m0/s1. The molecular formula is C39H34ClN5O8. The summed E-state index contributed by atoms with van der Waals surface area (Å²) in [4.78, 5) is 87.4. The zero-order valence-electron chi connectivity index (χ0n) is 28.5. The highest BCUT2D eigenvalue weighted by atomic mass is 35.5. The van der Waals surface area contributed by atoms with Crippen molar-refractivity contribution < 1.29 is 38.3 Å². The van der Waals surface area contributed by atoms with E-state index < -0.39 is 60.4 Å². The van der Waals surface area contributed by atoms with Gasteiger partial charge in [0.15, 0.2) is 5.58 Å². The molecule has 5 aromatic rings. The largest absolute Gasteiger partial charge is 0.481 e. The Morgan fingerprint density at radius 2 is 1.60 bits per heavy atom. The number of carbonyl (C=O) groups excluding carboxylic acids is 5. The Hall–Kier alpha value is -6.34. The molecule has 0 saturated carbocycles. The smallest absolute Gasteiger partial charge is 0.305 e. The number of rotatable bonds is 12. The van der Waals surface area contributed by atoms with Crippen LogP contribution in [0.3, 0.4) is 0 Å². The van der Waals surface area contributed by atoms with Crippen molar-refractivity contribution in [2.45, 2.75) is 38.3 Å². The maximum absolute atomic E-state index is 14.3. The van der Waals surface area contributed by atoms with Crippen LogP contribution < -0.4 is 20.4 Å². The number of oxazole rings is 1. The van der Waals surface area contributed by atoms with E-state index in [4.69, 9.17) is 16.0 Å². The van der Waals surface area contributed by atoms with Gasteiger partial charge in [-0.15, -0.1) is 0 Å². The number of nitrogens with zero attached hydrogens (tertiary/aromatic N) is 3. The molecular weight excluding hydrogens is 702 g/mol. The Labute approximate surface area is 308 Å². The van der Waals surface area contributed by atoms with Crippen molar-refractivity contribution in [2.24, 2.45) is 0 Å². The van der Waals surface area contributed by atoms with Crippen molar-refractivity contribution in [2.75, 3.05) is 22.9 Å². The van der Waals surface area contributed by atoms with Crippen LogP contribution in [0.1, 0.15) is 45.0 Å². The molecule has 2 atom stereocenters. The first-order valence-electron chi connectivity index (χ1n) is 16.7. The molecule has 1 aromatic heterocycles. The van der Waals surface area contributed by atoms with Gasteiger partial charge >= 0.3 is 5.97 Å². The van der Waals surface area contributed by atoms with E-state index in [1.165, 1.54) is 11.0 Å². The number of hydrogen-bond donors (Lipinski definition) is 3. The Bertz CT molecular complexity index is 2210. The SMILES string of the molecule is Cc1cc(Cl)cc2nc(C(=O)[C@H](CC(=O)O)NC(=O)CN3C(=O)[C@@H](NC(=O)c4ccccc4)CN(C(=O)CCc4ccccc4)c4ccccc43)oc12. The summed E-state index contributed by atoms with van der Waals surface area (Å²) < 4.78 is 5.65. The van der Waals surface area contributed by atoms with Gasteiger partial charge in [0.25, 0.3) is 17.7 Å². The number of aliphatic carboxylic acids is 1. The lowest BCUT2D eigenvalue weighted by Crippen LogP contribution is -2.55. The quantitative estimate of drug-likeness (QED) is 0.153. The van der Waals surface area contributed by atoms with Gasteiger partial charge in [-0.2, -0.15) is 0 Å². The fraction of sp³-hybridized carbons (Fsp3) is 0.205. The number of ketones is 1. The summed E-state index contributed by atoms with van der Waals surface area (Å²) in [6.07, 6.45) is -0.301. The summed E-state index contributed by atoms with van der Waals surface area (Å²) in [6, 6.07) is 24.3. The van der Waals surface area contributed by atoms with Crippen molar-refractivity contribution in [3.05, 3.63) is 125 Å². The van der Waals surface area contributed by atoms with Gasteiger partial charge in [-0.25, -0.2) is 4.98 Å². The van der Waals surface area contributed by atoms with Crippen LogP contribution in [-0.2, 0) is 25.6 Å². The maximum Gasteiger partial charge on any atom is 0.305 e. The van der Waals surface area contributed by atoms with Crippen LogP contribution in [0.5, 0.6) is 0 Å². The number of Topliss-reactive ketones (excluding diaryl/α,β-unsaturated/α-hetero) is 1. The van der Waals surface area contributed by atoms with Crippen molar-refractivity contribution in [3.63, 3.8) is 0 Å². The summed E-state index contributed by atoms with van der Waals surface area (Å²) in [5.74, 6) is -5.20. The number of carboxylic acid groups (broad SMARTS) is 1. The number of carbonyl (C=O) groups is 6. The van der Waals surface area contributed by atoms with Crippen molar-refractivity contribution in [1.82, 2.24) is 15.6 Å². The van der Waals surface area contributed by atoms with Gasteiger partial charge in [-0.1, -0.05) is 72.3 Å². The Morgan fingerprint density at radius 3 is 2.30 bits per heavy atom. The molecule has 13 nitrogen and oxygen atoms in total. The number of amides is 4. The number of nitrogens with one attached hydrogen (secondary N) is 2. The van der Waals surface area contributed by atoms with Crippen LogP contribution in [0.4, 0.5) is 11.4 Å². The third-order valence-electron chi connectivity index (χ3n) is 8.69. The normalized spacial score (nSPS) is 14.6. The van der Waals surface area contributed by atoms with E-state index in [1.54, 1.807) is 67.6 Å². The highest BCUT2D eigenvalue weighted by Crippen LogP contribution is 2.33. The molecule has 0 bridgehead atoms. The summed E-state index contributed by atoms with van der Waals surface area (Å²) in [5.41, 5.74) is 2.88. The van der Waals surface area contributed by atoms with E-state index in [2.05, 4.69) is 15.6 Å². The zero-order chi connectivity index (χ0) is 37.6. The number of hydrogen-bond acceptors (Lipinski definition) is 8. The third kappa shape index (κ3) is 8.42. The lowest BCUT2D eigenvalue weighted by Gasteiger charge is -2.26. The summed E-state index contributed by atoms with van der Waals surface area (Å²) in [5, 5.41) is 15.2. The van der Waals surface area contributed by atoms with Gasteiger partial charge in [-0.05, 0) is 60.9 Å². The molecule has 0 radical (unpaired) electrons. The molecule has 14 heteroatoms. The Kier molecular flexibility index (Phi) is 10.9. The monoisotopic (exact) mass is 735 g/mol. The van der Waals surface area contributed by atoms with Crippen LogP contribution >= 0.6 is 11.6 Å². The van der Waals surface area contributed by atoms with E-state index in [-0.39, 0.29) is 41.2 Å². The molecule has 0 saturated heterocycles. The van der Waals surface area contributed by atoms with Crippen LogP contribution in [-0.4, -0.2) is 70.6 Å². The second-order valence-corrected chi connectivity index (χ2v) is 12.9. The average Bonchev–Trinajstić information content (AvgIpc) is 3.54. The number of halogens is 1. The Morgan fingerprint density at radius 1 is 0.943 bits per heavy atom. The van der Waals surface area contributed by atoms with Crippen molar-refractivity contribution >= 4 is 69.5 Å². The lowest BCUT2D eigenvalue weighted by molar-refractivity contribution is -0.137. The highest BCUT2D eigenvalue weighted by Gasteiger charge is 2.38. The first kappa shape index (κ1) is 36.5. The molecule has 4 aromatic carbocycles. The molecule has 270 valence electrons.